The molecule has 0 spiro atoms. The van der Waals surface area contributed by atoms with Crippen molar-refractivity contribution in [2.75, 3.05) is 33.8 Å². The van der Waals surface area contributed by atoms with Crippen LogP contribution in [0.1, 0.15) is 48.9 Å². The van der Waals surface area contributed by atoms with E-state index in [0.717, 1.165) is 68.3 Å². The van der Waals surface area contributed by atoms with Crippen molar-refractivity contribution in [3.05, 3.63) is 47.0 Å². The van der Waals surface area contributed by atoms with Gasteiger partial charge in [-0.3, -0.25) is 4.79 Å². The van der Waals surface area contributed by atoms with E-state index in [4.69, 9.17) is 4.74 Å². The zero-order valence-electron chi connectivity index (χ0n) is 16.7. The monoisotopic (exact) mass is 436 g/mol. The molecule has 0 aromatic heterocycles. The van der Waals surface area contributed by atoms with Crippen molar-refractivity contribution in [2.24, 2.45) is 0 Å². The van der Waals surface area contributed by atoms with Gasteiger partial charge < -0.3 is 14.5 Å². The first-order valence-electron chi connectivity index (χ1n) is 9.95. The summed E-state index contributed by atoms with van der Waals surface area (Å²) in [5.74, 6) is 0.107. The molecule has 0 unspecified atom stereocenters. The van der Waals surface area contributed by atoms with Gasteiger partial charge in [0.05, 0.1) is 6.10 Å². The number of carbonyl (C=O) groups excluding carboxylic acids is 1. The Morgan fingerprint density at radius 2 is 1.85 bits per heavy atom. The van der Waals surface area contributed by atoms with Crippen molar-refractivity contribution in [1.29, 1.82) is 0 Å². The second kappa shape index (κ2) is 11.6. The minimum absolute atomic E-state index is 0.107. The van der Waals surface area contributed by atoms with Crippen molar-refractivity contribution in [3.8, 4) is 0 Å². The lowest BCUT2D eigenvalue weighted by Crippen LogP contribution is -2.40. The van der Waals surface area contributed by atoms with Crippen LogP contribution in [0.3, 0.4) is 0 Å². The number of ether oxygens (including phenoxy) is 1. The van der Waals surface area contributed by atoms with Gasteiger partial charge in [-0.15, -0.1) is 6.58 Å². The SMILES string of the molecule is C=CCN(C)CCCCO[C@H]1CC[C@H](N(C)C(=O)c2ccc(Br)cc2)CC1. The second-order valence-corrected chi connectivity index (χ2v) is 8.40. The standard InChI is InChI=1S/C22H33BrN2O2/c1-4-15-24(2)16-5-6-17-27-21-13-11-20(12-14-21)25(3)22(26)18-7-9-19(23)10-8-18/h4,7-10,20-21H,1,5-6,11-17H2,2-3H3/t20-,21-. The second-order valence-electron chi connectivity index (χ2n) is 7.48. The van der Waals surface area contributed by atoms with Gasteiger partial charge in [0.15, 0.2) is 0 Å². The highest BCUT2D eigenvalue weighted by Gasteiger charge is 2.27. The molecule has 1 aliphatic rings. The number of hydrogen-bond acceptors (Lipinski definition) is 3. The quantitative estimate of drug-likeness (QED) is 0.391. The summed E-state index contributed by atoms with van der Waals surface area (Å²) in [7, 11) is 4.05. The fourth-order valence-electron chi connectivity index (χ4n) is 3.61. The number of carbonyl (C=O) groups is 1. The molecule has 1 aromatic carbocycles. The summed E-state index contributed by atoms with van der Waals surface area (Å²) in [4.78, 5) is 16.8. The Morgan fingerprint density at radius 1 is 1.19 bits per heavy atom. The van der Waals surface area contributed by atoms with Crippen LogP contribution < -0.4 is 0 Å². The maximum atomic E-state index is 12.7. The third kappa shape index (κ3) is 7.40. The van der Waals surface area contributed by atoms with Crippen molar-refractivity contribution < 1.29 is 9.53 Å². The first kappa shape index (κ1) is 22.1. The molecule has 1 aliphatic carbocycles. The first-order valence-corrected chi connectivity index (χ1v) is 10.7. The molecule has 0 atom stereocenters. The highest BCUT2D eigenvalue weighted by molar-refractivity contribution is 9.10. The molecule has 1 amide bonds. The topological polar surface area (TPSA) is 32.8 Å². The molecule has 0 bridgehead atoms. The largest absolute Gasteiger partial charge is 0.378 e. The molecule has 2 rings (SSSR count). The Hall–Kier alpha value is -1.17. The van der Waals surface area contributed by atoms with Crippen LogP contribution in [0.5, 0.6) is 0 Å². The first-order chi connectivity index (χ1) is 13.0. The lowest BCUT2D eigenvalue weighted by molar-refractivity contribution is 0.00881. The van der Waals surface area contributed by atoms with Gasteiger partial charge in [0.1, 0.15) is 0 Å². The minimum atomic E-state index is 0.107. The molecular weight excluding hydrogens is 404 g/mol. The van der Waals surface area contributed by atoms with E-state index in [0.29, 0.717) is 12.1 Å². The van der Waals surface area contributed by atoms with E-state index in [1.807, 2.05) is 42.3 Å². The van der Waals surface area contributed by atoms with E-state index in [-0.39, 0.29) is 5.91 Å². The van der Waals surface area contributed by atoms with Crippen LogP contribution in [-0.2, 0) is 4.74 Å². The summed E-state index contributed by atoms with van der Waals surface area (Å²) < 4.78 is 7.06. The van der Waals surface area contributed by atoms with Gasteiger partial charge in [-0.05, 0) is 76.4 Å². The van der Waals surface area contributed by atoms with Gasteiger partial charge in [0.25, 0.3) is 5.91 Å². The molecule has 5 heteroatoms. The molecule has 27 heavy (non-hydrogen) atoms. The van der Waals surface area contributed by atoms with Crippen LogP contribution in [0.4, 0.5) is 0 Å². The average Bonchev–Trinajstić information content (AvgIpc) is 2.68. The zero-order chi connectivity index (χ0) is 19.6. The molecular formula is C22H33BrN2O2. The van der Waals surface area contributed by atoms with E-state index < -0.39 is 0 Å². The highest BCUT2D eigenvalue weighted by atomic mass is 79.9. The number of rotatable bonds is 10. The van der Waals surface area contributed by atoms with E-state index in [2.05, 4.69) is 34.5 Å². The predicted octanol–water partition coefficient (Wildman–Crippen LogP) is 4.75. The highest BCUT2D eigenvalue weighted by Crippen LogP contribution is 2.26. The van der Waals surface area contributed by atoms with Gasteiger partial charge >= 0.3 is 0 Å². The summed E-state index contributed by atoms with van der Waals surface area (Å²) in [6, 6.07) is 7.91. The van der Waals surface area contributed by atoms with Gasteiger partial charge in [-0.25, -0.2) is 0 Å². The van der Waals surface area contributed by atoms with Crippen LogP contribution >= 0.6 is 15.9 Å². The number of hydrogen-bond donors (Lipinski definition) is 0. The van der Waals surface area contributed by atoms with E-state index in [1.165, 1.54) is 0 Å². The van der Waals surface area contributed by atoms with Crippen LogP contribution in [0.15, 0.2) is 41.4 Å². The molecule has 0 saturated heterocycles. The van der Waals surface area contributed by atoms with E-state index >= 15 is 0 Å². The van der Waals surface area contributed by atoms with Gasteiger partial charge in [0.2, 0.25) is 0 Å². The Bertz CT molecular complexity index is 582. The van der Waals surface area contributed by atoms with Gasteiger partial charge in [-0.2, -0.15) is 0 Å². The molecule has 0 heterocycles. The molecule has 150 valence electrons. The summed E-state index contributed by atoms with van der Waals surface area (Å²) in [5, 5.41) is 0. The van der Waals surface area contributed by atoms with Gasteiger partial charge in [-0.1, -0.05) is 22.0 Å². The summed E-state index contributed by atoms with van der Waals surface area (Å²) in [5.41, 5.74) is 0.750. The lowest BCUT2D eigenvalue weighted by Gasteiger charge is -2.34. The Labute approximate surface area is 172 Å². The number of unbranched alkanes of at least 4 members (excludes halogenated alkanes) is 1. The molecule has 1 aromatic rings. The third-order valence-corrected chi connectivity index (χ3v) is 5.86. The summed E-state index contributed by atoms with van der Waals surface area (Å²) >= 11 is 3.41. The molecule has 1 fully saturated rings. The molecule has 0 N–H and O–H groups in total. The molecule has 0 aliphatic heterocycles. The number of likely N-dealkylation sites (N-methyl/N-ethyl adjacent to an activating group) is 1. The van der Waals surface area contributed by atoms with Crippen LogP contribution in [0.25, 0.3) is 0 Å². The summed E-state index contributed by atoms with van der Waals surface area (Å²) in [6.07, 6.45) is 8.67. The number of amides is 1. The normalized spacial score (nSPS) is 19.9. The zero-order valence-corrected chi connectivity index (χ0v) is 18.3. The maximum Gasteiger partial charge on any atom is 0.253 e. The fourth-order valence-corrected chi connectivity index (χ4v) is 3.87. The van der Waals surface area contributed by atoms with E-state index in [1.54, 1.807) is 0 Å². The fraction of sp³-hybridized carbons (Fsp3) is 0.591. The Morgan fingerprint density at radius 3 is 2.48 bits per heavy atom. The number of benzene rings is 1. The smallest absolute Gasteiger partial charge is 0.253 e. The Balaban J connectivity index is 1.65. The lowest BCUT2D eigenvalue weighted by atomic mass is 9.91. The number of halogens is 1. The predicted molar refractivity (Wildman–Crippen MR) is 115 cm³/mol. The molecule has 0 radical (unpaired) electrons. The summed E-state index contributed by atoms with van der Waals surface area (Å²) in [6.45, 7) is 6.63. The van der Waals surface area contributed by atoms with Crippen LogP contribution in [0.2, 0.25) is 0 Å². The van der Waals surface area contributed by atoms with Crippen molar-refractivity contribution in [2.45, 2.75) is 50.7 Å². The van der Waals surface area contributed by atoms with E-state index in [9.17, 15) is 4.79 Å². The van der Waals surface area contributed by atoms with Crippen molar-refractivity contribution in [1.82, 2.24) is 9.80 Å². The van der Waals surface area contributed by atoms with Crippen molar-refractivity contribution >= 4 is 21.8 Å². The molecule has 1 saturated carbocycles. The Kier molecular flexibility index (Phi) is 9.52. The van der Waals surface area contributed by atoms with Gasteiger partial charge in [0, 0.05) is 36.3 Å². The maximum absolute atomic E-state index is 12.7. The molecule has 4 nitrogen and oxygen atoms in total. The third-order valence-electron chi connectivity index (χ3n) is 5.33. The number of nitrogens with zero attached hydrogens (tertiary/aromatic N) is 2. The minimum Gasteiger partial charge on any atom is -0.378 e. The van der Waals surface area contributed by atoms with Crippen LogP contribution in [-0.4, -0.2) is 61.6 Å². The average molecular weight is 437 g/mol. The van der Waals surface area contributed by atoms with Crippen LogP contribution in [0, 0.1) is 0 Å². The van der Waals surface area contributed by atoms with Crippen molar-refractivity contribution in [3.63, 3.8) is 0 Å².